The van der Waals surface area contributed by atoms with Crippen LogP contribution in [-0.2, 0) is 12.8 Å². The Balaban J connectivity index is 2.43. The van der Waals surface area contributed by atoms with Crippen molar-refractivity contribution in [2.75, 3.05) is 0 Å². The van der Waals surface area contributed by atoms with Gasteiger partial charge in [0.05, 0.1) is 5.57 Å². The Hall–Kier alpha value is -2.66. The smallest absolute Gasteiger partial charge is 0.303 e. The molecule has 0 fully saturated rings. The van der Waals surface area contributed by atoms with Gasteiger partial charge in [0.25, 0.3) is 0 Å². The maximum atomic E-state index is 9.58. The predicted octanol–water partition coefficient (Wildman–Crippen LogP) is 11.7. The van der Waals surface area contributed by atoms with Crippen LogP contribution >= 0.6 is 0 Å². The molecular weight excluding hydrogens is 484 g/mol. The largest absolute Gasteiger partial charge is 0.348 e. The molecule has 0 aliphatic heterocycles. The van der Waals surface area contributed by atoms with E-state index >= 15 is 0 Å². The zero-order valence-electron chi connectivity index (χ0n) is 26.2. The first-order valence-electron chi connectivity index (χ1n) is 16.6. The Kier molecular flexibility index (Phi) is 17.7. The number of hydrogen-bond donors (Lipinski definition) is 0. The lowest BCUT2D eigenvalue weighted by molar-refractivity contribution is 0.00739. The predicted molar refractivity (Wildman–Crippen MR) is 175 cm³/mol. The van der Waals surface area contributed by atoms with Crippen LogP contribution in [-0.4, -0.2) is 10.7 Å². The third kappa shape index (κ3) is 12.2. The molecule has 0 spiro atoms. The van der Waals surface area contributed by atoms with E-state index in [2.05, 4.69) is 86.9 Å². The van der Waals surface area contributed by atoms with Crippen molar-refractivity contribution in [1.82, 2.24) is 0 Å². The Bertz CT molecular complexity index is 1060. The zero-order valence-corrected chi connectivity index (χ0v) is 26.2. The van der Waals surface area contributed by atoms with Gasteiger partial charge in [-0.1, -0.05) is 140 Å². The topological polar surface area (TPSA) is 36.4 Å². The number of allylic oxidation sites excluding steroid dienone is 2. The molecule has 0 aliphatic rings. The van der Waals surface area contributed by atoms with Crippen molar-refractivity contribution in [3.8, 4) is 0 Å². The fourth-order valence-electron chi connectivity index (χ4n) is 5.53. The molecular formula is C38H56N2. The van der Waals surface area contributed by atoms with Crippen LogP contribution in [0.25, 0.3) is 11.1 Å². The molecule has 0 heterocycles. The van der Waals surface area contributed by atoms with Crippen LogP contribution in [0.1, 0.15) is 153 Å². The highest BCUT2D eigenvalue weighted by molar-refractivity contribution is 5.87. The molecule has 0 bridgehead atoms. The minimum Gasteiger partial charge on any atom is -0.348 e. The average Bonchev–Trinajstić information content (AvgIpc) is 2.98. The normalized spacial score (nSPS) is 11.6. The summed E-state index contributed by atoms with van der Waals surface area (Å²) < 4.78 is 0. The van der Waals surface area contributed by atoms with E-state index in [4.69, 9.17) is 0 Å². The molecule has 2 aromatic rings. The monoisotopic (exact) mass is 540 g/mol. The van der Waals surface area contributed by atoms with Crippen LogP contribution < -0.4 is 0 Å². The third-order valence-electron chi connectivity index (χ3n) is 8.03. The third-order valence-corrected chi connectivity index (χ3v) is 8.03. The SMILES string of the molecule is CCCCCCCCCc1ccc(C(=C(CCCC)C(=C=[N+]=[N-])CCCCC)c2ccc(CCCC)cc2)cc1. The van der Waals surface area contributed by atoms with Gasteiger partial charge in [-0.2, -0.15) is 0 Å². The van der Waals surface area contributed by atoms with Gasteiger partial charge in [0.2, 0.25) is 0 Å². The molecule has 0 N–H and O–H groups in total. The Morgan fingerprint density at radius 3 is 1.55 bits per heavy atom. The fraction of sp³-hybridized carbons (Fsp3) is 0.579. The number of hydrogen-bond acceptors (Lipinski definition) is 0. The molecule has 2 heteroatoms. The minimum atomic E-state index is 0.894. The summed E-state index contributed by atoms with van der Waals surface area (Å²) in [7, 11) is 0. The molecule has 0 saturated carbocycles. The molecule has 0 saturated heterocycles. The van der Waals surface area contributed by atoms with Gasteiger partial charge in [-0.05, 0) is 84.8 Å². The second-order valence-corrected chi connectivity index (χ2v) is 11.5. The van der Waals surface area contributed by atoms with Gasteiger partial charge in [0.1, 0.15) is 0 Å². The van der Waals surface area contributed by atoms with Gasteiger partial charge < -0.3 is 5.53 Å². The average molecular weight is 541 g/mol. The Morgan fingerprint density at radius 2 is 1.02 bits per heavy atom. The van der Waals surface area contributed by atoms with Crippen LogP contribution in [0, 0.1) is 0 Å². The molecule has 40 heavy (non-hydrogen) atoms. The van der Waals surface area contributed by atoms with E-state index in [9.17, 15) is 5.53 Å². The van der Waals surface area contributed by atoms with Gasteiger partial charge in [0, 0.05) is 0 Å². The highest BCUT2D eigenvalue weighted by Gasteiger charge is 2.18. The van der Waals surface area contributed by atoms with Gasteiger partial charge in [-0.15, -0.1) is 4.79 Å². The van der Waals surface area contributed by atoms with Crippen molar-refractivity contribution >= 4 is 11.4 Å². The first kappa shape index (κ1) is 33.5. The van der Waals surface area contributed by atoms with Crippen LogP contribution in [0.5, 0.6) is 0 Å². The highest BCUT2D eigenvalue weighted by atomic mass is 14.8. The highest BCUT2D eigenvalue weighted by Crippen LogP contribution is 2.35. The molecule has 2 nitrogen and oxygen atoms in total. The molecule has 2 rings (SSSR count). The summed E-state index contributed by atoms with van der Waals surface area (Å²) in [6, 6.07) is 18.5. The van der Waals surface area contributed by atoms with E-state index < -0.39 is 0 Å². The fourth-order valence-corrected chi connectivity index (χ4v) is 5.53. The summed E-state index contributed by atoms with van der Waals surface area (Å²) in [5, 5.41) is 0. The molecule has 218 valence electrons. The first-order valence-corrected chi connectivity index (χ1v) is 16.6. The van der Waals surface area contributed by atoms with E-state index in [1.54, 1.807) is 0 Å². The van der Waals surface area contributed by atoms with Crippen LogP contribution in [0.2, 0.25) is 0 Å². The van der Waals surface area contributed by atoms with E-state index in [-0.39, 0.29) is 0 Å². The molecule has 0 aromatic heterocycles. The quantitative estimate of drug-likeness (QED) is 0.0496. The summed E-state index contributed by atoms with van der Waals surface area (Å²) in [5.41, 5.74) is 18.5. The Labute approximate surface area is 246 Å². The standard InChI is InChI=1S/C38H56N2/c1-5-9-13-14-15-16-18-20-33-25-29-35(30-26-33)38(34-27-23-32(24-28-34)19-11-7-3)37(22-12-8-4)36(31-40-39)21-17-10-6-2/h23-30H,5-22H2,1-4H3. The van der Waals surface area contributed by atoms with Crippen molar-refractivity contribution in [2.24, 2.45) is 0 Å². The van der Waals surface area contributed by atoms with Crippen LogP contribution in [0.3, 0.4) is 0 Å². The summed E-state index contributed by atoms with van der Waals surface area (Å²) in [6.45, 7) is 9.01. The first-order chi connectivity index (χ1) is 19.7. The lowest BCUT2D eigenvalue weighted by Crippen LogP contribution is -2.01. The van der Waals surface area contributed by atoms with Crippen molar-refractivity contribution in [3.63, 3.8) is 0 Å². The van der Waals surface area contributed by atoms with Crippen LogP contribution in [0.15, 0.2) is 59.7 Å². The van der Waals surface area contributed by atoms with E-state index in [1.807, 2.05) is 0 Å². The van der Waals surface area contributed by atoms with Gasteiger partial charge in [0.15, 0.2) is 0 Å². The number of unbranched alkanes of at least 4 members (excludes halogenated alkanes) is 10. The zero-order chi connectivity index (χ0) is 28.8. The molecule has 0 amide bonds. The summed E-state index contributed by atoms with van der Waals surface area (Å²) >= 11 is 0. The van der Waals surface area contributed by atoms with Gasteiger partial charge >= 0.3 is 5.87 Å². The van der Waals surface area contributed by atoms with E-state index in [0.717, 1.165) is 50.5 Å². The van der Waals surface area contributed by atoms with Gasteiger partial charge in [-0.25, -0.2) is 0 Å². The van der Waals surface area contributed by atoms with E-state index in [0.29, 0.717) is 0 Å². The summed E-state index contributed by atoms with van der Waals surface area (Å²) in [5.74, 6) is 3.01. The second kappa shape index (κ2) is 21.1. The molecule has 0 atom stereocenters. The number of rotatable bonds is 21. The molecule has 0 unspecified atom stereocenters. The molecule has 0 aliphatic carbocycles. The van der Waals surface area contributed by atoms with Gasteiger partial charge in [-0.3, -0.25) is 0 Å². The maximum absolute atomic E-state index is 9.58. The summed E-state index contributed by atoms with van der Waals surface area (Å²) in [4.78, 5) is 3.42. The molecule has 0 radical (unpaired) electrons. The van der Waals surface area contributed by atoms with E-state index in [1.165, 1.54) is 104 Å². The number of benzene rings is 2. The maximum Gasteiger partial charge on any atom is 0.303 e. The van der Waals surface area contributed by atoms with Crippen molar-refractivity contribution in [3.05, 3.63) is 87.5 Å². The number of nitrogens with zero attached hydrogens (tertiary/aromatic N) is 2. The lowest BCUT2D eigenvalue weighted by atomic mass is 9.85. The van der Waals surface area contributed by atoms with Crippen molar-refractivity contribution in [2.45, 2.75) is 143 Å². The molecule has 2 aromatic carbocycles. The summed E-state index contributed by atoms with van der Waals surface area (Å²) in [6.07, 6.45) is 21.7. The number of aryl methyl sites for hydroxylation is 2. The Morgan fingerprint density at radius 1 is 0.550 bits per heavy atom. The van der Waals surface area contributed by atoms with Crippen LogP contribution in [0.4, 0.5) is 0 Å². The lowest BCUT2D eigenvalue weighted by Gasteiger charge is -2.18. The minimum absolute atomic E-state index is 0.894. The second-order valence-electron chi connectivity index (χ2n) is 11.5. The van der Waals surface area contributed by atoms with Crippen molar-refractivity contribution in [1.29, 1.82) is 0 Å². The van der Waals surface area contributed by atoms with Crippen molar-refractivity contribution < 1.29 is 4.79 Å².